The summed E-state index contributed by atoms with van der Waals surface area (Å²) in [5.41, 5.74) is 0.706. The lowest BCUT2D eigenvalue weighted by Crippen LogP contribution is -2.66. The van der Waals surface area contributed by atoms with Gasteiger partial charge in [0.15, 0.2) is 0 Å². The molecule has 0 unspecified atom stereocenters. The summed E-state index contributed by atoms with van der Waals surface area (Å²) in [6.45, 7) is 2.56. The van der Waals surface area contributed by atoms with Crippen LogP contribution in [0, 0.1) is 5.41 Å². The Morgan fingerprint density at radius 3 is 3.00 bits per heavy atom. The molecule has 2 fully saturated rings. The minimum atomic E-state index is -0.559. The van der Waals surface area contributed by atoms with Crippen LogP contribution in [0.15, 0.2) is 35.2 Å². The highest BCUT2D eigenvalue weighted by Gasteiger charge is 2.53. The van der Waals surface area contributed by atoms with Crippen LogP contribution in [0.4, 0.5) is 0 Å². The Balaban J connectivity index is 1.58. The molecule has 2 N–H and O–H groups in total. The van der Waals surface area contributed by atoms with Gasteiger partial charge in [0.05, 0.1) is 18.0 Å². The SMILES string of the molecule is CN1CC[C@]2(C(=O)NCc3ccon3)CCCN(C(=O)c3ccc[nH]3)[C@@H]2C1. The molecular formula is C19H25N5O3. The van der Waals surface area contributed by atoms with Gasteiger partial charge in [-0.2, -0.15) is 0 Å². The Labute approximate surface area is 157 Å². The summed E-state index contributed by atoms with van der Waals surface area (Å²) in [5.74, 6) is -0.0266. The van der Waals surface area contributed by atoms with Gasteiger partial charge in [0.2, 0.25) is 5.91 Å². The number of likely N-dealkylation sites (N-methyl/N-ethyl adjacent to an activating group) is 1. The quantitative estimate of drug-likeness (QED) is 0.843. The molecule has 2 aromatic rings. The summed E-state index contributed by atoms with van der Waals surface area (Å²) in [7, 11) is 2.04. The number of carbonyl (C=O) groups is 2. The standard InChI is InChI=1S/C19H25N5O3/c1-23-10-7-19(18(26)21-12-14-5-11-27-22-14)6-3-9-24(16(19)13-23)17(25)15-4-2-8-20-15/h2,4-5,8,11,16,20H,3,6-7,9-10,12-13H2,1H3,(H,21,26)/t16-,19-/m1/s1. The van der Waals surface area contributed by atoms with Crippen LogP contribution in [0.1, 0.15) is 35.4 Å². The fraction of sp³-hybridized carbons (Fsp3) is 0.526. The first-order valence-corrected chi connectivity index (χ1v) is 9.40. The summed E-state index contributed by atoms with van der Waals surface area (Å²) in [4.78, 5) is 33.4. The van der Waals surface area contributed by atoms with E-state index in [0.717, 1.165) is 25.8 Å². The Hall–Kier alpha value is -2.61. The van der Waals surface area contributed by atoms with Crippen molar-refractivity contribution in [1.29, 1.82) is 0 Å². The minimum absolute atomic E-state index is 0.00702. The number of piperidine rings is 2. The molecule has 0 radical (unpaired) electrons. The van der Waals surface area contributed by atoms with E-state index in [1.54, 1.807) is 18.3 Å². The largest absolute Gasteiger partial charge is 0.364 e. The van der Waals surface area contributed by atoms with Gasteiger partial charge in [-0.05, 0) is 45.0 Å². The van der Waals surface area contributed by atoms with E-state index in [2.05, 4.69) is 20.4 Å². The second-order valence-electron chi connectivity index (χ2n) is 7.54. The lowest BCUT2D eigenvalue weighted by molar-refractivity contribution is -0.142. The summed E-state index contributed by atoms with van der Waals surface area (Å²) in [6, 6.07) is 5.21. The van der Waals surface area contributed by atoms with Crippen LogP contribution >= 0.6 is 0 Å². The Morgan fingerprint density at radius 1 is 1.37 bits per heavy atom. The maximum atomic E-state index is 13.3. The number of nitrogens with zero attached hydrogens (tertiary/aromatic N) is 3. The highest BCUT2D eigenvalue weighted by atomic mass is 16.5. The molecule has 27 heavy (non-hydrogen) atoms. The fourth-order valence-electron chi connectivity index (χ4n) is 4.44. The van der Waals surface area contributed by atoms with Crippen molar-refractivity contribution in [3.8, 4) is 0 Å². The summed E-state index contributed by atoms with van der Waals surface area (Å²) >= 11 is 0. The lowest BCUT2D eigenvalue weighted by atomic mass is 9.67. The molecule has 0 bridgehead atoms. The predicted octanol–water partition coefficient (Wildman–Crippen LogP) is 1.25. The van der Waals surface area contributed by atoms with Crippen molar-refractivity contribution in [3.63, 3.8) is 0 Å². The van der Waals surface area contributed by atoms with Gasteiger partial charge >= 0.3 is 0 Å². The van der Waals surface area contributed by atoms with Crippen molar-refractivity contribution in [1.82, 2.24) is 25.3 Å². The minimum Gasteiger partial charge on any atom is -0.364 e. The van der Waals surface area contributed by atoms with E-state index in [-0.39, 0.29) is 17.9 Å². The molecule has 0 saturated carbocycles. The summed E-state index contributed by atoms with van der Waals surface area (Å²) in [5, 5.41) is 6.89. The number of carbonyl (C=O) groups excluding carboxylic acids is 2. The van der Waals surface area contributed by atoms with E-state index in [1.807, 2.05) is 18.0 Å². The van der Waals surface area contributed by atoms with Crippen molar-refractivity contribution in [2.45, 2.75) is 31.8 Å². The Kier molecular flexibility index (Phi) is 4.73. The van der Waals surface area contributed by atoms with Crippen molar-refractivity contribution < 1.29 is 14.1 Å². The van der Waals surface area contributed by atoms with Gasteiger partial charge in [0, 0.05) is 25.4 Å². The number of aromatic amines is 1. The van der Waals surface area contributed by atoms with Crippen molar-refractivity contribution in [3.05, 3.63) is 42.0 Å². The van der Waals surface area contributed by atoms with Gasteiger partial charge in [0.1, 0.15) is 17.7 Å². The number of H-pyrrole nitrogens is 1. The van der Waals surface area contributed by atoms with Crippen molar-refractivity contribution >= 4 is 11.8 Å². The average molecular weight is 371 g/mol. The van der Waals surface area contributed by atoms with Crippen LogP contribution in [-0.2, 0) is 11.3 Å². The molecule has 0 spiro atoms. The third-order valence-electron chi connectivity index (χ3n) is 5.92. The van der Waals surface area contributed by atoms with E-state index < -0.39 is 5.41 Å². The second-order valence-corrected chi connectivity index (χ2v) is 7.54. The topological polar surface area (TPSA) is 94.5 Å². The second kappa shape index (κ2) is 7.19. The van der Waals surface area contributed by atoms with E-state index in [0.29, 0.717) is 31.0 Å². The van der Waals surface area contributed by atoms with Gasteiger partial charge in [0.25, 0.3) is 5.91 Å². The molecule has 2 atom stereocenters. The zero-order chi connectivity index (χ0) is 18.9. The number of hydrogen-bond donors (Lipinski definition) is 2. The molecule has 0 aromatic carbocycles. The van der Waals surface area contributed by atoms with Gasteiger partial charge < -0.3 is 24.6 Å². The Bertz CT molecular complexity index is 788. The van der Waals surface area contributed by atoms with Crippen LogP contribution in [0.25, 0.3) is 0 Å². The number of likely N-dealkylation sites (tertiary alicyclic amines) is 2. The van der Waals surface area contributed by atoms with Gasteiger partial charge in [-0.25, -0.2) is 0 Å². The first kappa shape index (κ1) is 17.8. The Morgan fingerprint density at radius 2 is 2.26 bits per heavy atom. The van der Waals surface area contributed by atoms with Crippen LogP contribution in [-0.4, -0.2) is 64.5 Å². The fourth-order valence-corrected chi connectivity index (χ4v) is 4.44. The molecule has 144 valence electrons. The smallest absolute Gasteiger partial charge is 0.270 e. The highest BCUT2D eigenvalue weighted by Crippen LogP contribution is 2.43. The van der Waals surface area contributed by atoms with Crippen LogP contribution in [0.5, 0.6) is 0 Å². The number of rotatable bonds is 4. The normalized spacial score (nSPS) is 25.8. The molecule has 2 amide bonds. The number of fused-ring (bicyclic) bond motifs is 1. The molecule has 2 aliphatic heterocycles. The summed E-state index contributed by atoms with van der Waals surface area (Å²) < 4.78 is 4.84. The summed E-state index contributed by atoms with van der Waals surface area (Å²) in [6.07, 6.45) is 5.61. The molecule has 8 nitrogen and oxygen atoms in total. The monoisotopic (exact) mass is 371 g/mol. The average Bonchev–Trinajstić information content (AvgIpc) is 3.39. The number of amides is 2. The predicted molar refractivity (Wildman–Crippen MR) is 97.7 cm³/mol. The van der Waals surface area contributed by atoms with Gasteiger partial charge in [-0.1, -0.05) is 5.16 Å². The van der Waals surface area contributed by atoms with Crippen LogP contribution < -0.4 is 5.32 Å². The van der Waals surface area contributed by atoms with Crippen LogP contribution in [0.2, 0.25) is 0 Å². The molecule has 0 aliphatic carbocycles. The van der Waals surface area contributed by atoms with E-state index >= 15 is 0 Å². The van der Waals surface area contributed by atoms with E-state index in [1.165, 1.54) is 6.26 Å². The zero-order valence-corrected chi connectivity index (χ0v) is 15.5. The zero-order valence-electron chi connectivity index (χ0n) is 15.5. The molecule has 4 heterocycles. The van der Waals surface area contributed by atoms with E-state index in [4.69, 9.17) is 4.52 Å². The number of aromatic nitrogens is 2. The molecule has 4 rings (SSSR count). The molecule has 2 aliphatic rings. The van der Waals surface area contributed by atoms with Crippen molar-refractivity contribution in [2.75, 3.05) is 26.7 Å². The van der Waals surface area contributed by atoms with Crippen molar-refractivity contribution in [2.24, 2.45) is 5.41 Å². The first-order valence-electron chi connectivity index (χ1n) is 9.40. The third kappa shape index (κ3) is 3.25. The highest BCUT2D eigenvalue weighted by molar-refractivity contribution is 5.94. The molecule has 2 aromatic heterocycles. The molecule has 8 heteroatoms. The van der Waals surface area contributed by atoms with Gasteiger partial charge in [-0.3, -0.25) is 9.59 Å². The lowest BCUT2D eigenvalue weighted by Gasteiger charge is -2.53. The molecule has 2 saturated heterocycles. The maximum Gasteiger partial charge on any atom is 0.270 e. The first-order chi connectivity index (χ1) is 13.1. The number of nitrogens with one attached hydrogen (secondary N) is 2. The van der Waals surface area contributed by atoms with Gasteiger partial charge in [-0.15, -0.1) is 0 Å². The number of hydrogen-bond acceptors (Lipinski definition) is 5. The van der Waals surface area contributed by atoms with E-state index in [9.17, 15) is 9.59 Å². The third-order valence-corrected chi connectivity index (χ3v) is 5.92. The maximum absolute atomic E-state index is 13.3. The molecular weight excluding hydrogens is 346 g/mol. The van der Waals surface area contributed by atoms with Crippen LogP contribution in [0.3, 0.4) is 0 Å².